The van der Waals surface area contributed by atoms with Crippen molar-refractivity contribution in [3.8, 4) is 0 Å². The Morgan fingerprint density at radius 1 is 1.15 bits per heavy atom. The zero-order chi connectivity index (χ0) is 19.6. The van der Waals surface area contributed by atoms with Crippen molar-refractivity contribution in [2.24, 2.45) is 0 Å². The molecule has 0 saturated carbocycles. The second-order valence-corrected chi connectivity index (χ2v) is 7.24. The van der Waals surface area contributed by atoms with Crippen LogP contribution in [0, 0.1) is 11.6 Å². The molecular weight excluding hydrogens is 346 g/mol. The minimum absolute atomic E-state index is 0.0471. The molecule has 0 N–H and O–H groups in total. The zero-order valence-corrected chi connectivity index (χ0v) is 15.6. The summed E-state index contributed by atoms with van der Waals surface area (Å²) in [5.41, 5.74) is -1.01. The predicted octanol–water partition coefficient (Wildman–Crippen LogP) is 3.20. The summed E-state index contributed by atoms with van der Waals surface area (Å²) in [6.45, 7) is 8.11. The third kappa shape index (κ3) is 4.42. The molecule has 1 aliphatic heterocycles. The highest BCUT2D eigenvalue weighted by atomic mass is 19.1. The summed E-state index contributed by atoms with van der Waals surface area (Å²) in [6, 6.07) is 1.57. The highest BCUT2D eigenvalue weighted by Gasteiger charge is 2.32. The lowest BCUT2D eigenvalue weighted by molar-refractivity contribution is 0.0158. The van der Waals surface area contributed by atoms with Crippen LogP contribution in [-0.4, -0.2) is 55.3 Å². The number of carbonyl (C=O) groups is 2. The van der Waals surface area contributed by atoms with Crippen molar-refractivity contribution in [2.45, 2.75) is 39.3 Å². The van der Waals surface area contributed by atoms with E-state index in [4.69, 9.17) is 4.74 Å². The van der Waals surface area contributed by atoms with Gasteiger partial charge in [-0.1, -0.05) is 0 Å². The molecule has 1 saturated heterocycles. The van der Waals surface area contributed by atoms with E-state index < -0.39 is 34.9 Å². The van der Waals surface area contributed by atoms with Crippen LogP contribution in [0.5, 0.6) is 0 Å². The Balaban J connectivity index is 2.15. The number of amides is 1. The van der Waals surface area contributed by atoms with E-state index in [1.165, 1.54) is 0 Å². The fourth-order valence-corrected chi connectivity index (χ4v) is 2.81. The molecule has 1 amide bonds. The highest BCUT2D eigenvalue weighted by Crippen LogP contribution is 2.26. The van der Waals surface area contributed by atoms with Crippen molar-refractivity contribution < 1.29 is 27.8 Å². The van der Waals surface area contributed by atoms with Crippen LogP contribution in [0.4, 0.5) is 19.3 Å². The second kappa shape index (κ2) is 7.47. The number of methoxy groups -OCH3 is 1. The monoisotopic (exact) mass is 370 g/mol. The van der Waals surface area contributed by atoms with E-state index >= 15 is 0 Å². The normalized spacial score (nSPS) is 17.9. The number of hydrogen-bond acceptors (Lipinski definition) is 5. The van der Waals surface area contributed by atoms with Crippen molar-refractivity contribution in [2.75, 3.05) is 31.6 Å². The number of ether oxygens (including phenoxy) is 2. The standard InChI is InChI=1S/C18H24F2N2O4/c1-11-10-21(6-7-22(11)17(24)26-18(2,3)4)15-9-13(19)12(8-14(15)20)16(23)25-5/h8-9,11H,6-7,10H2,1-5H3. The molecule has 144 valence electrons. The van der Waals surface area contributed by atoms with Gasteiger partial charge in [-0.2, -0.15) is 0 Å². The number of hydrogen-bond donors (Lipinski definition) is 0. The summed E-state index contributed by atoms with van der Waals surface area (Å²) >= 11 is 0. The van der Waals surface area contributed by atoms with Crippen LogP contribution in [0.3, 0.4) is 0 Å². The molecule has 0 bridgehead atoms. The molecule has 0 aromatic heterocycles. The number of esters is 1. The van der Waals surface area contributed by atoms with E-state index in [1.807, 2.05) is 6.92 Å². The molecule has 0 radical (unpaired) electrons. The molecule has 0 aliphatic carbocycles. The molecule has 6 nitrogen and oxygen atoms in total. The van der Waals surface area contributed by atoms with E-state index in [9.17, 15) is 18.4 Å². The molecule has 8 heteroatoms. The van der Waals surface area contributed by atoms with Crippen LogP contribution in [0.1, 0.15) is 38.1 Å². The van der Waals surface area contributed by atoms with Gasteiger partial charge in [0.15, 0.2) is 0 Å². The van der Waals surface area contributed by atoms with Crippen molar-refractivity contribution >= 4 is 17.7 Å². The molecule has 26 heavy (non-hydrogen) atoms. The lowest BCUT2D eigenvalue weighted by Crippen LogP contribution is -2.55. The number of piperazine rings is 1. The van der Waals surface area contributed by atoms with Gasteiger partial charge in [0.25, 0.3) is 0 Å². The number of halogens is 2. The molecule has 1 aromatic rings. The fraction of sp³-hybridized carbons (Fsp3) is 0.556. The van der Waals surface area contributed by atoms with E-state index in [0.717, 1.165) is 19.2 Å². The molecule has 1 fully saturated rings. The van der Waals surface area contributed by atoms with E-state index in [1.54, 1.807) is 30.6 Å². The Kier molecular flexibility index (Phi) is 5.73. The maximum atomic E-state index is 14.4. The van der Waals surface area contributed by atoms with Crippen molar-refractivity contribution in [1.82, 2.24) is 4.90 Å². The van der Waals surface area contributed by atoms with Gasteiger partial charge in [0, 0.05) is 31.7 Å². The topological polar surface area (TPSA) is 59.1 Å². The van der Waals surface area contributed by atoms with E-state index in [0.29, 0.717) is 19.6 Å². The van der Waals surface area contributed by atoms with E-state index in [-0.39, 0.29) is 11.7 Å². The van der Waals surface area contributed by atoms with Gasteiger partial charge in [0.05, 0.1) is 18.4 Å². The van der Waals surface area contributed by atoms with Gasteiger partial charge in [0.2, 0.25) is 0 Å². The number of benzene rings is 1. The zero-order valence-electron chi connectivity index (χ0n) is 15.6. The lowest BCUT2D eigenvalue weighted by atomic mass is 10.1. The first kappa shape index (κ1) is 19.9. The highest BCUT2D eigenvalue weighted by molar-refractivity contribution is 5.90. The van der Waals surface area contributed by atoms with Crippen LogP contribution in [0.15, 0.2) is 12.1 Å². The van der Waals surface area contributed by atoms with Gasteiger partial charge in [-0.15, -0.1) is 0 Å². The Morgan fingerprint density at radius 3 is 2.35 bits per heavy atom. The molecule has 2 rings (SSSR count). The molecule has 1 aliphatic rings. The number of nitrogens with zero attached hydrogens (tertiary/aromatic N) is 2. The summed E-state index contributed by atoms with van der Waals surface area (Å²) in [4.78, 5) is 26.9. The summed E-state index contributed by atoms with van der Waals surface area (Å²) in [5, 5.41) is 0. The molecule has 1 unspecified atom stereocenters. The minimum Gasteiger partial charge on any atom is -0.465 e. The largest absolute Gasteiger partial charge is 0.465 e. The Morgan fingerprint density at radius 2 is 1.81 bits per heavy atom. The van der Waals surface area contributed by atoms with E-state index in [2.05, 4.69) is 4.74 Å². The van der Waals surface area contributed by atoms with Gasteiger partial charge in [-0.25, -0.2) is 18.4 Å². The third-order valence-corrected chi connectivity index (χ3v) is 4.04. The van der Waals surface area contributed by atoms with Crippen LogP contribution in [0.25, 0.3) is 0 Å². The van der Waals surface area contributed by atoms with Gasteiger partial charge in [-0.05, 0) is 33.8 Å². The summed E-state index contributed by atoms with van der Waals surface area (Å²) in [5.74, 6) is -2.50. The van der Waals surface area contributed by atoms with Crippen LogP contribution >= 0.6 is 0 Å². The quantitative estimate of drug-likeness (QED) is 0.749. The number of rotatable bonds is 2. The Labute approximate surface area is 151 Å². The lowest BCUT2D eigenvalue weighted by Gasteiger charge is -2.41. The second-order valence-electron chi connectivity index (χ2n) is 7.24. The maximum absolute atomic E-state index is 14.4. The minimum atomic E-state index is -0.934. The maximum Gasteiger partial charge on any atom is 0.410 e. The van der Waals surface area contributed by atoms with Gasteiger partial charge in [-0.3, -0.25) is 0 Å². The first-order valence-corrected chi connectivity index (χ1v) is 8.35. The van der Waals surface area contributed by atoms with Crippen molar-refractivity contribution in [3.63, 3.8) is 0 Å². The first-order chi connectivity index (χ1) is 12.0. The Bertz CT molecular complexity index is 703. The average molecular weight is 370 g/mol. The van der Waals surface area contributed by atoms with Crippen molar-refractivity contribution in [3.05, 3.63) is 29.3 Å². The molecular formula is C18H24F2N2O4. The number of anilines is 1. The summed E-state index contributed by atoms with van der Waals surface area (Å²) < 4.78 is 38.3. The third-order valence-electron chi connectivity index (χ3n) is 4.04. The van der Waals surface area contributed by atoms with Crippen LogP contribution in [-0.2, 0) is 9.47 Å². The average Bonchev–Trinajstić information content (AvgIpc) is 2.54. The van der Waals surface area contributed by atoms with Gasteiger partial charge < -0.3 is 19.3 Å². The Hall–Kier alpha value is -2.38. The molecule has 0 spiro atoms. The van der Waals surface area contributed by atoms with Gasteiger partial charge in [0.1, 0.15) is 17.2 Å². The van der Waals surface area contributed by atoms with Gasteiger partial charge >= 0.3 is 12.1 Å². The first-order valence-electron chi connectivity index (χ1n) is 8.35. The SMILES string of the molecule is COC(=O)c1cc(F)c(N2CCN(C(=O)OC(C)(C)C)C(C)C2)cc1F. The molecule has 1 aromatic carbocycles. The molecule has 1 atom stereocenters. The number of carbonyl (C=O) groups excluding carboxylic acids is 2. The summed E-state index contributed by atoms with van der Waals surface area (Å²) in [6.07, 6.45) is -0.433. The van der Waals surface area contributed by atoms with Crippen LogP contribution in [0.2, 0.25) is 0 Å². The predicted molar refractivity (Wildman–Crippen MR) is 92.3 cm³/mol. The van der Waals surface area contributed by atoms with Crippen LogP contribution < -0.4 is 4.90 Å². The molecule has 1 heterocycles. The smallest absolute Gasteiger partial charge is 0.410 e. The van der Waals surface area contributed by atoms with Crippen molar-refractivity contribution in [1.29, 1.82) is 0 Å². The fourth-order valence-electron chi connectivity index (χ4n) is 2.81. The summed E-state index contributed by atoms with van der Waals surface area (Å²) in [7, 11) is 1.10.